The first-order chi connectivity index (χ1) is 15.1. The van der Waals surface area contributed by atoms with Crippen LogP contribution in [0.3, 0.4) is 0 Å². The van der Waals surface area contributed by atoms with E-state index in [1.807, 2.05) is 53.4 Å². The maximum absolute atomic E-state index is 13.5. The Bertz CT molecular complexity index is 1110. The average Bonchev–Trinajstić information content (AvgIpc) is 3.15. The zero-order chi connectivity index (χ0) is 21.8. The van der Waals surface area contributed by atoms with Crippen LogP contribution in [0.1, 0.15) is 16.7 Å². The average molecular weight is 432 g/mol. The molecule has 0 aromatic heterocycles. The second-order valence-corrected chi connectivity index (χ2v) is 8.18. The minimum Gasteiger partial charge on any atom is -0.493 e. The van der Waals surface area contributed by atoms with E-state index >= 15 is 0 Å². The number of hydrogen-bond donors (Lipinski definition) is 0. The Morgan fingerprint density at radius 1 is 0.871 bits per heavy atom. The van der Waals surface area contributed by atoms with Crippen molar-refractivity contribution in [3.05, 3.63) is 89.5 Å². The number of thioether (sulfide) groups is 1. The summed E-state index contributed by atoms with van der Waals surface area (Å²) in [4.78, 5) is 16.6. The quantitative estimate of drug-likeness (QED) is 0.471. The maximum Gasteiger partial charge on any atom is 0.255 e. The SMILES string of the molecule is COc1ccc(CN2CC(c3ccc(SC)cc3)=C(c3ccccc3)C2=O)cc1OC. The highest BCUT2D eigenvalue weighted by atomic mass is 32.2. The highest BCUT2D eigenvalue weighted by Crippen LogP contribution is 2.36. The molecule has 31 heavy (non-hydrogen) atoms. The number of ether oxygens (including phenoxy) is 2. The normalized spacial score (nSPS) is 13.6. The van der Waals surface area contributed by atoms with Gasteiger partial charge in [-0.2, -0.15) is 0 Å². The Hall–Kier alpha value is -3.18. The van der Waals surface area contributed by atoms with Crippen molar-refractivity contribution in [3.63, 3.8) is 0 Å². The van der Waals surface area contributed by atoms with Crippen molar-refractivity contribution in [2.45, 2.75) is 11.4 Å². The summed E-state index contributed by atoms with van der Waals surface area (Å²) < 4.78 is 10.8. The van der Waals surface area contributed by atoms with Crippen molar-refractivity contribution in [1.29, 1.82) is 0 Å². The minimum absolute atomic E-state index is 0.0462. The van der Waals surface area contributed by atoms with E-state index in [1.165, 1.54) is 4.90 Å². The monoisotopic (exact) mass is 431 g/mol. The van der Waals surface area contributed by atoms with Crippen molar-refractivity contribution in [2.75, 3.05) is 27.0 Å². The Balaban J connectivity index is 1.68. The fourth-order valence-corrected chi connectivity index (χ4v) is 4.29. The van der Waals surface area contributed by atoms with Gasteiger partial charge < -0.3 is 14.4 Å². The van der Waals surface area contributed by atoms with Crippen LogP contribution in [0.25, 0.3) is 11.1 Å². The number of carbonyl (C=O) groups is 1. The highest BCUT2D eigenvalue weighted by Gasteiger charge is 2.32. The molecule has 1 aliphatic rings. The predicted octanol–water partition coefficient (Wildman–Crippen LogP) is 5.38. The van der Waals surface area contributed by atoms with Crippen LogP contribution < -0.4 is 9.47 Å². The van der Waals surface area contributed by atoms with E-state index in [9.17, 15) is 4.79 Å². The lowest BCUT2D eigenvalue weighted by molar-refractivity contribution is -0.124. The van der Waals surface area contributed by atoms with Crippen molar-refractivity contribution in [3.8, 4) is 11.5 Å². The number of benzene rings is 3. The van der Waals surface area contributed by atoms with Crippen LogP contribution in [0.2, 0.25) is 0 Å². The number of rotatable bonds is 7. The zero-order valence-corrected chi connectivity index (χ0v) is 18.7. The van der Waals surface area contributed by atoms with Gasteiger partial charge in [-0.15, -0.1) is 11.8 Å². The van der Waals surface area contributed by atoms with Gasteiger partial charge in [0.2, 0.25) is 0 Å². The molecule has 5 heteroatoms. The molecule has 0 fully saturated rings. The van der Waals surface area contributed by atoms with E-state index in [0.29, 0.717) is 24.6 Å². The van der Waals surface area contributed by atoms with E-state index in [0.717, 1.165) is 27.8 Å². The molecule has 0 spiro atoms. The number of carbonyl (C=O) groups excluding carboxylic acids is 1. The van der Waals surface area contributed by atoms with Gasteiger partial charge >= 0.3 is 0 Å². The third-order valence-electron chi connectivity index (χ3n) is 5.47. The van der Waals surface area contributed by atoms with Crippen LogP contribution in [0.4, 0.5) is 0 Å². The van der Waals surface area contributed by atoms with E-state index in [-0.39, 0.29) is 5.91 Å². The molecule has 0 bridgehead atoms. The first-order valence-electron chi connectivity index (χ1n) is 10.1. The summed E-state index contributed by atoms with van der Waals surface area (Å²) in [5.41, 5.74) is 4.87. The standard InChI is InChI=1S/C26H25NO3S/c1-29-23-14-9-18(15-24(23)30-2)16-27-17-22(19-10-12-21(31-3)13-11-19)25(26(27)28)20-7-5-4-6-8-20/h4-15H,16-17H2,1-3H3. The third kappa shape index (κ3) is 4.32. The number of nitrogens with zero attached hydrogens (tertiary/aromatic N) is 1. The van der Waals surface area contributed by atoms with Gasteiger partial charge in [-0.3, -0.25) is 4.79 Å². The third-order valence-corrected chi connectivity index (χ3v) is 6.22. The summed E-state index contributed by atoms with van der Waals surface area (Å²) in [6, 6.07) is 24.1. The van der Waals surface area contributed by atoms with Crippen LogP contribution in [0.15, 0.2) is 77.7 Å². The molecule has 0 atom stereocenters. The Labute approximate surface area is 187 Å². The lowest BCUT2D eigenvalue weighted by atomic mass is 9.97. The largest absolute Gasteiger partial charge is 0.493 e. The van der Waals surface area contributed by atoms with E-state index in [4.69, 9.17) is 9.47 Å². The zero-order valence-electron chi connectivity index (χ0n) is 17.9. The summed E-state index contributed by atoms with van der Waals surface area (Å²) in [5.74, 6) is 1.39. The van der Waals surface area contributed by atoms with Crippen molar-refractivity contribution >= 4 is 28.8 Å². The number of amides is 1. The molecule has 1 aliphatic heterocycles. The summed E-state index contributed by atoms with van der Waals surface area (Å²) >= 11 is 1.71. The Morgan fingerprint density at radius 2 is 1.58 bits per heavy atom. The molecule has 3 aromatic rings. The minimum atomic E-state index is 0.0462. The van der Waals surface area contributed by atoms with Crippen molar-refractivity contribution in [1.82, 2.24) is 4.90 Å². The summed E-state index contributed by atoms with van der Waals surface area (Å²) in [7, 11) is 3.24. The first-order valence-corrected chi connectivity index (χ1v) is 11.3. The van der Waals surface area contributed by atoms with Crippen molar-refractivity contribution < 1.29 is 14.3 Å². The predicted molar refractivity (Wildman–Crippen MR) is 126 cm³/mol. The second-order valence-electron chi connectivity index (χ2n) is 7.30. The van der Waals surface area contributed by atoms with E-state index < -0.39 is 0 Å². The summed E-state index contributed by atoms with van der Waals surface area (Å²) in [6.07, 6.45) is 2.06. The van der Waals surface area contributed by atoms with E-state index in [1.54, 1.807) is 26.0 Å². The highest BCUT2D eigenvalue weighted by molar-refractivity contribution is 7.98. The molecule has 3 aromatic carbocycles. The van der Waals surface area contributed by atoms with Gasteiger partial charge in [-0.05, 0) is 52.8 Å². The maximum atomic E-state index is 13.5. The smallest absolute Gasteiger partial charge is 0.255 e. The van der Waals surface area contributed by atoms with Crippen molar-refractivity contribution in [2.24, 2.45) is 0 Å². The second kappa shape index (κ2) is 9.31. The lowest BCUT2D eigenvalue weighted by Gasteiger charge is -2.18. The molecule has 158 valence electrons. The fourth-order valence-electron chi connectivity index (χ4n) is 3.89. The molecule has 4 nitrogen and oxygen atoms in total. The fraction of sp³-hybridized carbons (Fsp3) is 0.192. The molecule has 0 saturated heterocycles. The molecular formula is C26H25NO3S. The number of methoxy groups -OCH3 is 2. The molecular weight excluding hydrogens is 406 g/mol. The molecule has 1 amide bonds. The van der Waals surface area contributed by atoms with Crippen LogP contribution >= 0.6 is 11.8 Å². The molecule has 0 N–H and O–H groups in total. The molecule has 0 aliphatic carbocycles. The van der Waals surface area contributed by atoms with Gasteiger partial charge in [0.05, 0.1) is 19.8 Å². The van der Waals surface area contributed by atoms with Crippen LogP contribution in [0, 0.1) is 0 Å². The lowest BCUT2D eigenvalue weighted by Crippen LogP contribution is -2.26. The molecule has 4 rings (SSSR count). The molecule has 0 unspecified atom stereocenters. The van der Waals surface area contributed by atoms with E-state index in [2.05, 4.69) is 30.5 Å². The van der Waals surface area contributed by atoms with Crippen LogP contribution in [-0.2, 0) is 11.3 Å². The van der Waals surface area contributed by atoms with Crippen LogP contribution in [0.5, 0.6) is 11.5 Å². The first kappa shape index (κ1) is 21.1. The topological polar surface area (TPSA) is 38.8 Å². The number of hydrogen-bond acceptors (Lipinski definition) is 4. The Kier molecular flexibility index (Phi) is 6.33. The summed E-state index contributed by atoms with van der Waals surface area (Å²) in [6.45, 7) is 1.07. The Morgan fingerprint density at radius 3 is 2.23 bits per heavy atom. The van der Waals surface area contributed by atoms with Gasteiger partial charge in [0.15, 0.2) is 11.5 Å². The summed E-state index contributed by atoms with van der Waals surface area (Å²) in [5, 5.41) is 0. The van der Waals surface area contributed by atoms with Gasteiger partial charge in [0.1, 0.15) is 0 Å². The van der Waals surface area contributed by atoms with Crippen LogP contribution in [-0.4, -0.2) is 37.8 Å². The van der Waals surface area contributed by atoms with Gasteiger partial charge in [-0.1, -0.05) is 48.5 Å². The molecule has 0 radical (unpaired) electrons. The molecule has 0 saturated carbocycles. The van der Waals surface area contributed by atoms with Gasteiger partial charge in [0, 0.05) is 18.0 Å². The van der Waals surface area contributed by atoms with Gasteiger partial charge in [-0.25, -0.2) is 0 Å². The molecule has 1 heterocycles. The van der Waals surface area contributed by atoms with Gasteiger partial charge in [0.25, 0.3) is 5.91 Å².